The number of halogens is 3. The number of carboxylic acid groups (broad SMARTS) is 1. The molecule has 2 aromatic carbocycles. The van der Waals surface area contributed by atoms with Gasteiger partial charge in [-0.25, -0.2) is 13.2 Å². The van der Waals surface area contributed by atoms with Gasteiger partial charge in [-0.15, -0.1) is 0 Å². The third-order valence-corrected chi connectivity index (χ3v) is 2.94. The van der Waals surface area contributed by atoms with Crippen LogP contribution in [0.4, 0.5) is 13.2 Å². The largest absolute Gasteiger partial charge is 0.481 e. The van der Waals surface area contributed by atoms with Crippen LogP contribution in [0.2, 0.25) is 0 Å². The molecule has 0 saturated carbocycles. The zero-order valence-electron chi connectivity index (χ0n) is 11.7. The lowest BCUT2D eigenvalue weighted by molar-refractivity contribution is -0.136. The van der Waals surface area contributed by atoms with E-state index < -0.39 is 30.7 Å². The van der Waals surface area contributed by atoms with E-state index in [4.69, 9.17) is 9.84 Å². The second-order valence-corrected chi connectivity index (χ2v) is 4.83. The van der Waals surface area contributed by atoms with Crippen LogP contribution in [0.15, 0.2) is 30.3 Å². The van der Waals surface area contributed by atoms with E-state index in [1.54, 1.807) is 19.1 Å². The molecule has 0 aliphatic heterocycles. The summed E-state index contributed by atoms with van der Waals surface area (Å²) >= 11 is 0. The van der Waals surface area contributed by atoms with E-state index in [9.17, 15) is 18.0 Å². The Hall–Kier alpha value is -2.50. The van der Waals surface area contributed by atoms with Gasteiger partial charge >= 0.3 is 5.97 Å². The molecule has 0 aromatic heterocycles. The minimum absolute atomic E-state index is 0.178. The Morgan fingerprint density at radius 2 is 1.86 bits per heavy atom. The second-order valence-electron chi connectivity index (χ2n) is 4.83. The number of ether oxygens (including phenoxy) is 1. The number of benzene rings is 2. The smallest absolute Gasteiger partial charge is 0.307 e. The first-order valence-corrected chi connectivity index (χ1v) is 6.43. The van der Waals surface area contributed by atoms with Crippen LogP contribution in [0.3, 0.4) is 0 Å². The number of rotatable bonds is 5. The molecule has 0 radical (unpaired) electrons. The molecule has 3 nitrogen and oxygen atoms in total. The minimum atomic E-state index is -1.27. The molecule has 22 heavy (non-hydrogen) atoms. The highest BCUT2D eigenvalue weighted by molar-refractivity contribution is 5.70. The van der Waals surface area contributed by atoms with Gasteiger partial charge in [-0.1, -0.05) is 6.07 Å². The van der Waals surface area contributed by atoms with Crippen LogP contribution >= 0.6 is 0 Å². The number of hydrogen-bond donors (Lipinski definition) is 1. The van der Waals surface area contributed by atoms with Crippen molar-refractivity contribution in [1.29, 1.82) is 0 Å². The maximum Gasteiger partial charge on any atom is 0.307 e. The van der Waals surface area contributed by atoms with Gasteiger partial charge in [0.25, 0.3) is 0 Å². The first-order chi connectivity index (χ1) is 10.4. The van der Waals surface area contributed by atoms with Gasteiger partial charge in [0, 0.05) is 11.6 Å². The van der Waals surface area contributed by atoms with Crippen molar-refractivity contribution in [3.8, 4) is 11.5 Å². The molecule has 0 aliphatic rings. The summed E-state index contributed by atoms with van der Waals surface area (Å²) in [6, 6.07) is 6.12. The van der Waals surface area contributed by atoms with Gasteiger partial charge in [0.2, 0.25) is 0 Å². The Kier molecular flexibility index (Phi) is 4.70. The average molecular weight is 310 g/mol. The lowest BCUT2D eigenvalue weighted by atomic mass is 10.1. The van der Waals surface area contributed by atoms with Crippen LogP contribution in [0.1, 0.15) is 16.7 Å². The van der Waals surface area contributed by atoms with Gasteiger partial charge in [-0.3, -0.25) is 4.79 Å². The lowest BCUT2D eigenvalue weighted by Crippen LogP contribution is -2.04. The molecule has 116 valence electrons. The zero-order valence-corrected chi connectivity index (χ0v) is 11.7. The topological polar surface area (TPSA) is 46.5 Å². The monoisotopic (exact) mass is 310 g/mol. The number of alkyl halides is 1. The summed E-state index contributed by atoms with van der Waals surface area (Å²) in [5.41, 5.74) is 0.804. The molecular formula is C16H13F3O3. The number of carboxylic acids is 1. The van der Waals surface area contributed by atoms with Gasteiger partial charge in [0.1, 0.15) is 18.2 Å². The summed E-state index contributed by atoms with van der Waals surface area (Å²) in [6.07, 6.45) is -0.626. The molecule has 0 aliphatic carbocycles. The molecule has 0 unspecified atom stereocenters. The van der Waals surface area contributed by atoms with E-state index >= 15 is 0 Å². The van der Waals surface area contributed by atoms with Crippen molar-refractivity contribution in [2.75, 3.05) is 0 Å². The molecule has 1 N–H and O–H groups in total. The van der Waals surface area contributed by atoms with Gasteiger partial charge in [0.15, 0.2) is 11.6 Å². The van der Waals surface area contributed by atoms with Crippen molar-refractivity contribution in [1.82, 2.24) is 0 Å². The first-order valence-electron chi connectivity index (χ1n) is 6.43. The van der Waals surface area contributed by atoms with Gasteiger partial charge in [0.05, 0.1) is 6.42 Å². The standard InChI is InChI=1S/C16H13F3O3/c1-9-2-10(8-17)4-12(3-9)22-15-7-13(18)11(5-14(15)19)6-16(20)21/h2-5,7H,6,8H2,1H3,(H,20,21). The van der Waals surface area contributed by atoms with Gasteiger partial charge < -0.3 is 9.84 Å². The fraction of sp³-hybridized carbons (Fsp3) is 0.188. The van der Waals surface area contributed by atoms with E-state index in [2.05, 4.69) is 0 Å². The molecule has 0 amide bonds. The Morgan fingerprint density at radius 3 is 2.50 bits per heavy atom. The summed E-state index contributed by atoms with van der Waals surface area (Å²) in [7, 11) is 0. The third-order valence-electron chi connectivity index (χ3n) is 2.94. The van der Waals surface area contributed by atoms with Crippen molar-refractivity contribution in [3.05, 3.63) is 58.7 Å². The number of carbonyl (C=O) groups is 1. The maximum atomic E-state index is 13.9. The molecule has 0 fully saturated rings. The molecule has 0 saturated heterocycles. The van der Waals surface area contributed by atoms with Crippen molar-refractivity contribution in [2.45, 2.75) is 20.0 Å². The summed E-state index contributed by atoms with van der Waals surface area (Å²) in [5, 5.41) is 8.62. The molecule has 6 heteroatoms. The summed E-state index contributed by atoms with van der Waals surface area (Å²) < 4.78 is 45.6. The number of hydrogen-bond acceptors (Lipinski definition) is 2. The highest BCUT2D eigenvalue weighted by atomic mass is 19.1. The number of aliphatic carboxylic acids is 1. The lowest BCUT2D eigenvalue weighted by Gasteiger charge is -2.10. The van der Waals surface area contributed by atoms with E-state index in [1.807, 2.05) is 0 Å². The van der Waals surface area contributed by atoms with Gasteiger partial charge in [-0.2, -0.15) is 0 Å². The van der Waals surface area contributed by atoms with Crippen molar-refractivity contribution in [2.24, 2.45) is 0 Å². The third kappa shape index (κ3) is 3.78. The van der Waals surface area contributed by atoms with Crippen LogP contribution in [-0.4, -0.2) is 11.1 Å². The van der Waals surface area contributed by atoms with Crippen LogP contribution in [0.25, 0.3) is 0 Å². The molecule has 2 aromatic rings. The predicted molar refractivity (Wildman–Crippen MR) is 73.8 cm³/mol. The average Bonchev–Trinajstić information content (AvgIpc) is 2.43. The Labute approximate surface area is 125 Å². The van der Waals surface area contributed by atoms with E-state index in [0.717, 1.165) is 12.1 Å². The van der Waals surface area contributed by atoms with Crippen LogP contribution in [-0.2, 0) is 17.9 Å². The quantitative estimate of drug-likeness (QED) is 0.902. The summed E-state index contributed by atoms with van der Waals surface area (Å²) in [6.45, 7) is 1.02. The van der Waals surface area contributed by atoms with Crippen molar-refractivity contribution >= 4 is 5.97 Å². The normalized spacial score (nSPS) is 10.5. The zero-order chi connectivity index (χ0) is 16.3. The Morgan fingerprint density at radius 1 is 1.14 bits per heavy atom. The Bertz CT molecular complexity index is 714. The molecular weight excluding hydrogens is 297 g/mol. The van der Waals surface area contributed by atoms with Gasteiger partial charge in [-0.05, 0) is 36.2 Å². The van der Waals surface area contributed by atoms with E-state index in [0.29, 0.717) is 11.1 Å². The van der Waals surface area contributed by atoms with E-state index in [1.165, 1.54) is 6.07 Å². The number of aryl methyl sites for hydroxylation is 1. The predicted octanol–water partition coefficient (Wildman–Crippen LogP) is 4.16. The van der Waals surface area contributed by atoms with Crippen LogP contribution < -0.4 is 4.74 Å². The molecule has 0 bridgehead atoms. The van der Waals surface area contributed by atoms with Crippen LogP contribution in [0.5, 0.6) is 11.5 Å². The van der Waals surface area contributed by atoms with Crippen LogP contribution in [0, 0.1) is 18.6 Å². The van der Waals surface area contributed by atoms with Crippen molar-refractivity contribution in [3.63, 3.8) is 0 Å². The molecule has 0 heterocycles. The molecule has 0 spiro atoms. The SMILES string of the molecule is Cc1cc(CF)cc(Oc2cc(F)c(CC(=O)O)cc2F)c1. The fourth-order valence-electron chi connectivity index (χ4n) is 2.03. The fourth-order valence-corrected chi connectivity index (χ4v) is 2.03. The molecule has 2 rings (SSSR count). The van der Waals surface area contributed by atoms with Crippen molar-refractivity contribution < 1.29 is 27.8 Å². The summed E-state index contributed by atoms with van der Waals surface area (Å²) in [5.74, 6) is -3.24. The molecule has 0 atom stereocenters. The minimum Gasteiger partial charge on any atom is -0.481 e. The maximum absolute atomic E-state index is 13.9. The second kappa shape index (κ2) is 6.51. The Balaban J connectivity index is 2.32. The highest BCUT2D eigenvalue weighted by Gasteiger charge is 2.14. The summed E-state index contributed by atoms with van der Waals surface area (Å²) in [4.78, 5) is 10.6. The van der Waals surface area contributed by atoms with E-state index in [-0.39, 0.29) is 17.1 Å². The first kappa shape index (κ1) is 15.9. The highest BCUT2D eigenvalue weighted by Crippen LogP contribution is 2.29.